The number of Topliss-reactive ketones (excluding diaryl/α,β-unsaturated/α-hetero) is 1. The molecule has 4 rings (SSSR count). The van der Waals surface area contributed by atoms with E-state index in [1.165, 1.54) is 35.6 Å². The monoisotopic (exact) mass is 566 g/mol. The Bertz CT molecular complexity index is 1370. The summed E-state index contributed by atoms with van der Waals surface area (Å²) in [5.41, 5.74) is 0.939. The minimum absolute atomic E-state index is 0.0216. The van der Waals surface area contributed by atoms with Crippen LogP contribution >= 0.6 is 11.6 Å². The molecule has 0 fully saturated rings. The molecule has 1 aromatic heterocycles. The number of hydrogen-bond donors (Lipinski definition) is 1. The molecule has 0 saturated carbocycles. The van der Waals surface area contributed by atoms with Crippen LogP contribution in [0.5, 0.6) is 17.5 Å². The van der Waals surface area contributed by atoms with Gasteiger partial charge in [0.2, 0.25) is 5.85 Å². The summed E-state index contributed by atoms with van der Waals surface area (Å²) in [6, 6.07) is 11.9. The van der Waals surface area contributed by atoms with Crippen LogP contribution in [0.25, 0.3) is 0 Å². The van der Waals surface area contributed by atoms with Gasteiger partial charge in [-0.1, -0.05) is 36.7 Å². The molecule has 1 aliphatic heterocycles. The van der Waals surface area contributed by atoms with Crippen molar-refractivity contribution in [3.05, 3.63) is 64.8 Å². The number of aromatic nitrogens is 2. The highest BCUT2D eigenvalue weighted by Gasteiger charge is 2.48. The fourth-order valence-electron chi connectivity index (χ4n) is 4.09. The molecule has 0 saturated heterocycles. The summed E-state index contributed by atoms with van der Waals surface area (Å²) >= 11 is 5.98. The number of amides is 1. The SMILES string of the molecule is CCC(=O)CN1C(=O)c2c(nc(Oc3cccc(OC(F)(F)F)c3)n2CCc2ccc(Cl)cc2)N(C)C1(C)O. The number of fused-ring (bicyclic) bond motifs is 1. The highest BCUT2D eigenvalue weighted by molar-refractivity contribution is 6.30. The van der Waals surface area contributed by atoms with Gasteiger partial charge in [0.25, 0.3) is 5.91 Å². The van der Waals surface area contributed by atoms with E-state index in [0.717, 1.165) is 22.6 Å². The fraction of sp³-hybridized carbons (Fsp3) is 0.346. The standard InChI is InChI=1S/C26H26ClF3N4O5/c1-4-18(35)15-34-23(36)21-22(32(3)25(34,2)37)31-24(33(21)13-12-16-8-10-17(27)11-9-16)38-19-6-5-7-20(14-19)39-26(28,29)30/h5-11,14,37H,4,12-13,15H2,1-3H3. The highest BCUT2D eigenvalue weighted by Crippen LogP contribution is 2.38. The van der Waals surface area contributed by atoms with E-state index in [2.05, 4.69) is 9.72 Å². The molecule has 0 aliphatic carbocycles. The van der Waals surface area contributed by atoms with Crippen LogP contribution in [0.2, 0.25) is 5.02 Å². The molecule has 1 unspecified atom stereocenters. The summed E-state index contributed by atoms with van der Waals surface area (Å²) in [6.07, 6.45) is -4.32. The first-order valence-electron chi connectivity index (χ1n) is 12.0. The van der Waals surface area contributed by atoms with E-state index in [0.29, 0.717) is 11.4 Å². The van der Waals surface area contributed by atoms with E-state index < -0.39 is 23.9 Å². The minimum atomic E-state index is -4.89. The lowest BCUT2D eigenvalue weighted by Gasteiger charge is -2.46. The van der Waals surface area contributed by atoms with Crippen LogP contribution in [0.1, 0.15) is 36.3 Å². The Balaban J connectivity index is 1.76. The third-order valence-electron chi connectivity index (χ3n) is 6.34. The first-order valence-corrected chi connectivity index (χ1v) is 12.4. The van der Waals surface area contributed by atoms with Crippen LogP contribution in [0.3, 0.4) is 0 Å². The predicted octanol–water partition coefficient (Wildman–Crippen LogP) is 5.01. The molecule has 1 atom stereocenters. The molecule has 1 N–H and O–H groups in total. The maximum atomic E-state index is 13.7. The lowest BCUT2D eigenvalue weighted by Crippen LogP contribution is -2.64. The molecule has 2 heterocycles. The molecule has 0 radical (unpaired) electrons. The number of ketones is 1. The molecule has 1 amide bonds. The number of carbonyl (C=O) groups excluding carboxylic acids is 2. The van der Waals surface area contributed by atoms with Crippen molar-refractivity contribution in [3.8, 4) is 17.5 Å². The van der Waals surface area contributed by atoms with Gasteiger partial charge in [-0.2, -0.15) is 4.98 Å². The van der Waals surface area contributed by atoms with Gasteiger partial charge >= 0.3 is 12.4 Å². The summed E-state index contributed by atoms with van der Waals surface area (Å²) in [4.78, 5) is 32.8. The Morgan fingerprint density at radius 2 is 1.82 bits per heavy atom. The molecule has 9 nitrogen and oxygen atoms in total. The largest absolute Gasteiger partial charge is 0.573 e. The summed E-state index contributed by atoms with van der Waals surface area (Å²) in [5.74, 6) is -3.23. The Morgan fingerprint density at radius 1 is 1.15 bits per heavy atom. The Hall–Kier alpha value is -3.77. The van der Waals surface area contributed by atoms with Crippen LogP contribution in [0.4, 0.5) is 19.0 Å². The van der Waals surface area contributed by atoms with Crippen LogP contribution in [0, 0.1) is 0 Å². The predicted molar refractivity (Wildman–Crippen MR) is 136 cm³/mol. The lowest BCUT2D eigenvalue weighted by atomic mass is 10.1. The molecule has 2 aromatic carbocycles. The number of alkyl halides is 3. The van der Waals surface area contributed by atoms with Gasteiger partial charge in [-0.15, -0.1) is 13.2 Å². The van der Waals surface area contributed by atoms with Gasteiger partial charge in [-0.25, -0.2) is 0 Å². The summed E-state index contributed by atoms with van der Waals surface area (Å²) < 4.78 is 49.5. The second-order valence-electron chi connectivity index (χ2n) is 9.03. The van der Waals surface area contributed by atoms with Crippen molar-refractivity contribution < 1.29 is 37.3 Å². The first-order chi connectivity index (χ1) is 18.3. The molecular formula is C26H26ClF3N4O5. The number of halogens is 4. The van der Waals surface area contributed by atoms with Crippen molar-refractivity contribution in [2.75, 3.05) is 18.5 Å². The second-order valence-corrected chi connectivity index (χ2v) is 9.47. The number of aryl methyl sites for hydroxylation is 1. The molecular weight excluding hydrogens is 541 g/mol. The zero-order valence-electron chi connectivity index (χ0n) is 21.3. The van der Waals surface area contributed by atoms with Gasteiger partial charge in [0.15, 0.2) is 17.3 Å². The molecule has 0 spiro atoms. The van der Waals surface area contributed by atoms with Crippen LogP contribution in [-0.2, 0) is 17.8 Å². The number of carbonyl (C=O) groups is 2. The Kier molecular flexibility index (Phi) is 7.80. The smallest absolute Gasteiger partial charge is 0.425 e. The number of hydrogen-bond acceptors (Lipinski definition) is 7. The van der Waals surface area contributed by atoms with Gasteiger partial charge in [0.1, 0.15) is 11.5 Å². The van der Waals surface area contributed by atoms with Gasteiger partial charge in [-0.05, 0) is 36.2 Å². The van der Waals surface area contributed by atoms with E-state index >= 15 is 0 Å². The van der Waals surface area contributed by atoms with Gasteiger partial charge < -0.3 is 19.5 Å². The first kappa shape index (κ1) is 28.2. The highest BCUT2D eigenvalue weighted by atomic mass is 35.5. The summed E-state index contributed by atoms with van der Waals surface area (Å²) in [7, 11) is 1.51. The normalized spacial score (nSPS) is 17.3. The van der Waals surface area contributed by atoms with Crippen LogP contribution in [-0.4, -0.2) is 57.1 Å². The number of anilines is 1. The fourth-order valence-corrected chi connectivity index (χ4v) is 4.22. The maximum Gasteiger partial charge on any atom is 0.573 e. The second kappa shape index (κ2) is 10.8. The van der Waals surface area contributed by atoms with Crippen molar-refractivity contribution >= 4 is 29.1 Å². The zero-order chi connectivity index (χ0) is 28.5. The van der Waals surface area contributed by atoms with Gasteiger partial charge in [0, 0.05) is 38.0 Å². The quantitative estimate of drug-likeness (QED) is 0.389. The van der Waals surface area contributed by atoms with E-state index in [9.17, 15) is 27.9 Å². The van der Waals surface area contributed by atoms with Crippen molar-refractivity contribution in [1.82, 2.24) is 14.5 Å². The van der Waals surface area contributed by atoms with Crippen molar-refractivity contribution in [2.24, 2.45) is 0 Å². The average molecular weight is 567 g/mol. The van der Waals surface area contributed by atoms with Gasteiger partial charge in [0.05, 0.1) is 6.54 Å². The van der Waals surface area contributed by atoms with Crippen molar-refractivity contribution in [2.45, 2.75) is 45.4 Å². The number of aliphatic hydroxyl groups is 1. The molecule has 1 aliphatic rings. The van der Waals surface area contributed by atoms with E-state index in [1.807, 2.05) is 12.1 Å². The lowest BCUT2D eigenvalue weighted by molar-refractivity contribution is -0.274. The number of nitrogens with zero attached hydrogens (tertiary/aromatic N) is 4. The number of rotatable bonds is 9. The number of ether oxygens (including phenoxy) is 2. The van der Waals surface area contributed by atoms with Crippen LogP contribution in [0.15, 0.2) is 48.5 Å². The van der Waals surface area contributed by atoms with E-state index in [1.54, 1.807) is 19.1 Å². The third-order valence-corrected chi connectivity index (χ3v) is 6.59. The van der Waals surface area contributed by atoms with Crippen LogP contribution < -0.4 is 14.4 Å². The molecule has 39 heavy (non-hydrogen) atoms. The topological polar surface area (TPSA) is 97.1 Å². The molecule has 3 aromatic rings. The average Bonchev–Trinajstić information content (AvgIpc) is 3.22. The van der Waals surface area contributed by atoms with E-state index in [-0.39, 0.29) is 48.6 Å². The molecule has 0 bridgehead atoms. The minimum Gasteiger partial charge on any atom is -0.425 e. The summed E-state index contributed by atoms with van der Waals surface area (Å²) in [5, 5.41) is 11.7. The molecule has 13 heteroatoms. The maximum absolute atomic E-state index is 13.7. The zero-order valence-corrected chi connectivity index (χ0v) is 22.1. The summed E-state index contributed by atoms with van der Waals surface area (Å²) in [6.45, 7) is 2.86. The number of imidazole rings is 1. The van der Waals surface area contributed by atoms with Crippen molar-refractivity contribution in [1.29, 1.82) is 0 Å². The number of benzene rings is 2. The molecule has 208 valence electrons. The van der Waals surface area contributed by atoms with Gasteiger partial charge in [-0.3, -0.25) is 19.1 Å². The van der Waals surface area contributed by atoms with E-state index in [4.69, 9.17) is 16.3 Å². The Morgan fingerprint density at radius 3 is 2.46 bits per heavy atom. The Labute approximate surface area is 227 Å². The van der Waals surface area contributed by atoms with Crippen molar-refractivity contribution in [3.63, 3.8) is 0 Å². The third kappa shape index (κ3) is 6.12.